The van der Waals surface area contributed by atoms with E-state index < -0.39 is 19.8 Å². The third-order valence-corrected chi connectivity index (χ3v) is 9.46. The highest BCUT2D eigenvalue weighted by atomic mass is 35.5. The fourth-order valence-electron chi connectivity index (χ4n) is 4.58. The first-order valence-electron chi connectivity index (χ1n) is 16.6. The van der Waals surface area contributed by atoms with Crippen molar-refractivity contribution in [3.8, 4) is 5.75 Å². The molecule has 11 heteroatoms. The Labute approximate surface area is 276 Å². The van der Waals surface area contributed by atoms with Crippen molar-refractivity contribution in [1.29, 1.82) is 0 Å². The number of unbranched alkanes of at least 4 members (excludes halogenated alkanes) is 12. The van der Waals surface area contributed by atoms with Gasteiger partial charge in [0, 0.05) is 37.7 Å². The summed E-state index contributed by atoms with van der Waals surface area (Å²) in [6, 6.07) is 8.66. The van der Waals surface area contributed by atoms with Gasteiger partial charge < -0.3 is 14.0 Å². The van der Waals surface area contributed by atoms with Crippen molar-refractivity contribution in [2.75, 3.05) is 38.1 Å². The van der Waals surface area contributed by atoms with E-state index in [-0.39, 0.29) is 50.5 Å². The molecule has 1 aromatic rings. The van der Waals surface area contributed by atoms with Crippen LogP contribution in [0, 0.1) is 0 Å². The summed E-state index contributed by atoms with van der Waals surface area (Å²) in [6.45, 7) is 4.28. The SMILES string of the molecule is CCCCCCCCCC(=O)OC[C@H](CO[P@](=O)(Oc1ccccc1)N(CCCl)CCCl)OC(=O)CCCCCCCCC. The van der Waals surface area contributed by atoms with Gasteiger partial charge in [-0.15, -0.1) is 23.2 Å². The second kappa shape index (κ2) is 26.9. The molecule has 0 saturated heterocycles. The number of hydrogen-bond acceptors (Lipinski definition) is 7. The molecule has 0 N–H and O–H groups in total. The zero-order chi connectivity index (χ0) is 32.3. The van der Waals surface area contributed by atoms with E-state index in [4.69, 9.17) is 41.7 Å². The average Bonchev–Trinajstić information content (AvgIpc) is 3.02. The molecule has 0 radical (unpaired) electrons. The van der Waals surface area contributed by atoms with Gasteiger partial charge in [-0.05, 0) is 25.0 Å². The van der Waals surface area contributed by atoms with Crippen molar-refractivity contribution in [3.05, 3.63) is 30.3 Å². The van der Waals surface area contributed by atoms with E-state index in [0.717, 1.165) is 38.5 Å². The molecule has 8 nitrogen and oxygen atoms in total. The lowest BCUT2D eigenvalue weighted by atomic mass is 10.1. The number of nitrogens with zero attached hydrogens (tertiary/aromatic N) is 1. The average molecular weight is 681 g/mol. The van der Waals surface area contributed by atoms with Gasteiger partial charge in [0.15, 0.2) is 6.10 Å². The predicted octanol–water partition coefficient (Wildman–Crippen LogP) is 9.71. The lowest BCUT2D eigenvalue weighted by Crippen LogP contribution is -2.33. The van der Waals surface area contributed by atoms with Gasteiger partial charge in [0.1, 0.15) is 12.4 Å². The number of ether oxygens (including phenoxy) is 2. The Bertz CT molecular complexity index is 903. The highest BCUT2D eigenvalue weighted by Crippen LogP contribution is 2.52. The first-order valence-corrected chi connectivity index (χ1v) is 19.2. The number of alkyl halides is 2. The molecule has 0 fully saturated rings. The second-order valence-electron chi connectivity index (χ2n) is 11.0. The van der Waals surface area contributed by atoms with Gasteiger partial charge in [-0.3, -0.25) is 14.1 Å². The molecule has 0 amide bonds. The fourth-order valence-corrected chi connectivity index (χ4v) is 6.99. The standard InChI is InChI=1S/C33H56Cl2NO7P/c1-3-5-7-9-11-13-18-22-32(37)40-28-31(42-33(38)23-19-14-12-10-8-6-4-2)29-41-44(39,36(26-24-34)27-25-35)43-30-20-16-15-17-21-30/h15-17,20-21,31H,3-14,18-19,22-29H2,1-2H3/t31-,44+/m1/s1. The summed E-state index contributed by atoms with van der Waals surface area (Å²) in [5, 5.41) is 0. The Balaban J connectivity index is 2.82. The van der Waals surface area contributed by atoms with E-state index in [2.05, 4.69) is 13.8 Å². The fraction of sp³-hybridized carbons (Fsp3) is 0.758. The highest BCUT2D eigenvalue weighted by Gasteiger charge is 2.36. The van der Waals surface area contributed by atoms with Crippen LogP contribution < -0.4 is 4.52 Å². The molecule has 0 heterocycles. The Kier molecular flexibility index (Phi) is 24.9. The molecule has 1 rings (SSSR count). The number of hydrogen-bond donors (Lipinski definition) is 0. The Hall–Kier alpha value is -1.31. The summed E-state index contributed by atoms with van der Waals surface area (Å²) in [5.41, 5.74) is 0. The van der Waals surface area contributed by atoms with Gasteiger partial charge in [0.2, 0.25) is 0 Å². The molecule has 0 aromatic heterocycles. The lowest BCUT2D eigenvalue weighted by molar-refractivity contribution is -0.161. The Morgan fingerprint density at radius 1 is 0.727 bits per heavy atom. The molecular weight excluding hydrogens is 624 g/mol. The minimum atomic E-state index is -3.97. The maximum absolute atomic E-state index is 14.1. The van der Waals surface area contributed by atoms with E-state index in [1.807, 2.05) is 6.07 Å². The molecule has 0 aliphatic carbocycles. The van der Waals surface area contributed by atoms with Crippen LogP contribution in [0.1, 0.15) is 117 Å². The van der Waals surface area contributed by atoms with E-state index in [0.29, 0.717) is 18.6 Å². The van der Waals surface area contributed by atoms with Gasteiger partial charge in [-0.25, -0.2) is 4.57 Å². The maximum Gasteiger partial charge on any atom is 0.461 e. The summed E-state index contributed by atoms with van der Waals surface area (Å²) in [7, 11) is -3.97. The predicted molar refractivity (Wildman–Crippen MR) is 180 cm³/mol. The number of rotatable bonds is 29. The molecule has 0 bridgehead atoms. The molecule has 1 aromatic carbocycles. The van der Waals surface area contributed by atoms with Crippen LogP contribution in [-0.4, -0.2) is 60.8 Å². The van der Waals surface area contributed by atoms with Crippen molar-refractivity contribution < 1.29 is 32.7 Å². The third-order valence-electron chi connectivity index (χ3n) is 7.12. The van der Waals surface area contributed by atoms with Gasteiger partial charge in [0.05, 0.1) is 6.61 Å². The Morgan fingerprint density at radius 2 is 1.23 bits per heavy atom. The molecule has 0 aliphatic heterocycles. The van der Waals surface area contributed by atoms with Gasteiger partial charge >= 0.3 is 19.7 Å². The Morgan fingerprint density at radius 3 is 1.75 bits per heavy atom. The quantitative estimate of drug-likeness (QED) is 0.0358. The van der Waals surface area contributed by atoms with Crippen molar-refractivity contribution in [2.45, 2.75) is 123 Å². The summed E-state index contributed by atoms with van der Waals surface area (Å²) in [6.07, 6.45) is 14.8. The van der Waals surface area contributed by atoms with E-state index >= 15 is 0 Å². The molecule has 0 spiro atoms. The van der Waals surface area contributed by atoms with Crippen molar-refractivity contribution >= 4 is 42.9 Å². The largest absolute Gasteiger partial charge is 0.462 e. The van der Waals surface area contributed by atoms with Crippen molar-refractivity contribution in [1.82, 2.24) is 4.67 Å². The van der Waals surface area contributed by atoms with Crippen LogP contribution in [0.15, 0.2) is 30.3 Å². The van der Waals surface area contributed by atoms with Gasteiger partial charge in [-0.2, -0.15) is 4.67 Å². The van der Waals surface area contributed by atoms with Crippen LogP contribution >= 0.6 is 30.9 Å². The van der Waals surface area contributed by atoms with Crippen LogP contribution in [0.5, 0.6) is 5.75 Å². The third kappa shape index (κ3) is 19.9. The number of benzene rings is 1. The highest BCUT2D eigenvalue weighted by molar-refractivity contribution is 7.51. The number of esters is 2. The first kappa shape index (κ1) is 40.7. The lowest BCUT2D eigenvalue weighted by Gasteiger charge is -2.30. The van der Waals surface area contributed by atoms with Gasteiger partial charge in [0.25, 0.3) is 0 Å². The summed E-state index contributed by atoms with van der Waals surface area (Å²) in [5.74, 6) is -0.0716. The zero-order valence-corrected chi connectivity index (χ0v) is 29.4. The molecule has 2 atom stereocenters. The maximum atomic E-state index is 14.1. The first-order chi connectivity index (χ1) is 21.4. The number of carbonyl (C=O) groups is 2. The van der Waals surface area contributed by atoms with Crippen LogP contribution in [0.3, 0.4) is 0 Å². The second-order valence-corrected chi connectivity index (χ2v) is 13.7. The van der Waals surface area contributed by atoms with E-state index in [9.17, 15) is 14.2 Å². The normalized spacial score (nSPS) is 13.4. The summed E-state index contributed by atoms with van der Waals surface area (Å²) < 4.78 is 38.5. The molecule has 0 saturated carbocycles. The number of carbonyl (C=O) groups excluding carboxylic acids is 2. The summed E-state index contributed by atoms with van der Waals surface area (Å²) in [4.78, 5) is 25.2. The van der Waals surface area contributed by atoms with E-state index in [1.54, 1.807) is 24.3 Å². The van der Waals surface area contributed by atoms with Crippen molar-refractivity contribution in [2.24, 2.45) is 0 Å². The number of halogens is 2. The summed E-state index contributed by atoms with van der Waals surface area (Å²) >= 11 is 12.0. The number of para-hydroxylation sites is 1. The monoisotopic (exact) mass is 679 g/mol. The van der Waals surface area contributed by atoms with Crippen LogP contribution in [0.2, 0.25) is 0 Å². The molecule has 0 aliphatic rings. The van der Waals surface area contributed by atoms with Crippen LogP contribution in [0.25, 0.3) is 0 Å². The minimum absolute atomic E-state index is 0.176. The molecule has 0 unspecified atom stereocenters. The molecular formula is C33H56Cl2NO7P. The topological polar surface area (TPSA) is 91.4 Å². The van der Waals surface area contributed by atoms with Crippen LogP contribution in [-0.2, 0) is 28.2 Å². The van der Waals surface area contributed by atoms with E-state index in [1.165, 1.54) is 49.6 Å². The smallest absolute Gasteiger partial charge is 0.461 e. The minimum Gasteiger partial charge on any atom is -0.462 e. The zero-order valence-electron chi connectivity index (χ0n) is 27.0. The molecule has 44 heavy (non-hydrogen) atoms. The van der Waals surface area contributed by atoms with Crippen molar-refractivity contribution in [3.63, 3.8) is 0 Å². The van der Waals surface area contributed by atoms with Crippen LogP contribution in [0.4, 0.5) is 0 Å². The molecule has 254 valence electrons. The van der Waals surface area contributed by atoms with Gasteiger partial charge in [-0.1, -0.05) is 109 Å².